The smallest absolute Gasteiger partial charge is 0.410 e. The normalized spacial score (nSPS) is 14.7. The van der Waals surface area contributed by atoms with Crippen molar-refractivity contribution in [2.24, 2.45) is 4.99 Å². The number of aromatic nitrogens is 2. The number of rotatable bonds is 8. The summed E-state index contributed by atoms with van der Waals surface area (Å²) in [6, 6.07) is 2.40. The Hall–Kier alpha value is -2.25. The van der Waals surface area contributed by atoms with Crippen molar-refractivity contribution in [2.75, 3.05) is 26.7 Å². The van der Waals surface area contributed by atoms with E-state index in [2.05, 4.69) is 33.7 Å². The van der Waals surface area contributed by atoms with E-state index in [4.69, 9.17) is 4.74 Å². The fourth-order valence-electron chi connectivity index (χ4n) is 2.98. The summed E-state index contributed by atoms with van der Waals surface area (Å²) in [5.74, 6) is 0.744. The summed E-state index contributed by atoms with van der Waals surface area (Å²) in [7, 11) is 1.75. The number of carbonyl (C=O) groups is 1. The van der Waals surface area contributed by atoms with Crippen molar-refractivity contribution < 1.29 is 9.53 Å². The molecular weight excluding hydrogens is 356 g/mol. The number of nitrogens with zero attached hydrogens (tertiary/aromatic N) is 4. The van der Waals surface area contributed by atoms with Crippen LogP contribution in [0.15, 0.2) is 11.1 Å². The van der Waals surface area contributed by atoms with Crippen molar-refractivity contribution in [3.63, 3.8) is 0 Å². The zero-order chi connectivity index (χ0) is 20.7. The van der Waals surface area contributed by atoms with Gasteiger partial charge in [-0.3, -0.25) is 9.67 Å². The molecule has 0 aromatic carbocycles. The van der Waals surface area contributed by atoms with Crippen LogP contribution in [0.1, 0.15) is 51.4 Å². The van der Waals surface area contributed by atoms with E-state index < -0.39 is 5.60 Å². The molecule has 0 aliphatic heterocycles. The molecule has 158 valence electrons. The molecule has 0 spiro atoms. The van der Waals surface area contributed by atoms with Crippen LogP contribution in [0.5, 0.6) is 0 Å². The van der Waals surface area contributed by atoms with Crippen LogP contribution in [0.4, 0.5) is 4.79 Å². The van der Waals surface area contributed by atoms with Crippen LogP contribution >= 0.6 is 0 Å². The lowest BCUT2D eigenvalue weighted by atomic mass is 10.2. The van der Waals surface area contributed by atoms with E-state index in [0.29, 0.717) is 19.1 Å². The van der Waals surface area contributed by atoms with E-state index >= 15 is 0 Å². The van der Waals surface area contributed by atoms with Crippen molar-refractivity contribution in [3.8, 4) is 0 Å². The van der Waals surface area contributed by atoms with Gasteiger partial charge in [-0.05, 0) is 59.9 Å². The van der Waals surface area contributed by atoms with Gasteiger partial charge in [0.05, 0.1) is 5.69 Å². The Morgan fingerprint density at radius 2 is 2.00 bits per heavy atom. The first-order valence-electron chi connectivity index (χ1n) is 10.1. The van der Waals surface area contributed by atoms with Crippen molar-refractivity contribution in [1.29, 1.82) is 0 Å². The van der Waals surface area contributed by atoms with Gasteiger partial charge in [0.1, 0.15) is 5.60 Å². The molecule has 0 unspecified atom stereocenters. The van der Waals surface area contributed by atoms with Crippen LogP contribution in [-0.2, 0) is 11.3 Å². The van der Waals surface area contributed by atoms with Crippen LogP contribution in [0.25, 0.3) is 0 Å². The minimum Gasteiger partial charge on any atom is -0.444 e. The molecule has 2 N–H and O–H groups in total. The Balaban J connectivity index is 1.69. The molecule has 0 atom stereocenters. The Bertz CT molecular complexity index is 673. The summed E-state index contributed by atoms with van der Waals surface area (Å²) in [6.07, 6.45) is 2.83. The summed E-state index contributed by atoms with van der Waals surface area (Å²) in [6.45, 7) is 12.7. The molecule has 1 amide bonds. The summed E-state index contributed by atoms with van der Waals surface area (Å²) in [4.78, 5) is 18.5. The van der Waals surface area contributed by atoms with Crippen LogP contribution in [0.3, 0.4) is 0 Å². The van der Waals surface area contributed by atoms with Gasteiger partial charge in [-0.2, -0.15) is 5.10 Å². The molecule has 8 heteroatoms. The number of guanidine groups is 1. The van der Waals surface area contributed by atoms with Crippen LogP contribution in [-0.4, -0.2) is 65.1 Å². The van der Waals surface area contributed by atoms with Crippen LogP contribution in [0.2, 0.25) is 0 Å². The fourth-order valence-corrected chi connectivity index (χ4v) is 2.98. The monoisotopic (exact) mass is 392 g/mol. The van der Waals surface area contributed by atoms with Crippen molar-refractivity contribution >= 4 is 12.1 Å². The molecule has 2 rings (SSSR count). The molecule has 0 bridgehead atoms. The van der Waals surface area contributed by atoms with E-state index in [0.717, 1.165) is 44.0 Å². The summed E-state index contributed by atoms with van der Waals surface area (Å²) in [5.41, 5.74) is 1.76. The lowest BCUT2D eigenvalue weighted by Crippen LogP contribution is -2.45. The Morgan fingerprint density at radius 3 is 2.54 bits per heavy atom. The molecule has 1 heterocycles. The number of hydrogen-bond donors (Lipinski definition) is 2. The second-order valence-corrected chi connectivity index (χ2v) is 8.33. The number of aryl methyl sites for hydroxylation is 3. The average molecular weight is 393 g/mol. The van der Waals surface area contributed by atoms with Gasteiger partial charge in [0, 0.05) is 45.0 Å². The van der Waals surface area contributed by atoms with Gasteiger partial charge in [-0.15, -0.1) is 0 Å². The summed E-state index contributed by atoms with van der Waals surface area (Å²) in [5, 5.41) is 11.1. The molecule has 0 saturated heterocycles. The minimum absolute atomic E-state index is 0.232. The van der Waals surface area contributed by atoms with Crippen LogP contribution < -0.4 is 10.6 Å². The molecular formula is C20H36N6O2. The molecule has 1 aromatic heterocycles. The van der Waals surface area contributed by atoms with Crippen molar-refractivity contribution in [2.45, 2.75) is 72.1 Å². The van der Waals surface area contributed by atoms with Gasteiger partial charge in [0.2, 0.25) is 0 Å². The number of amides is 1. The first-order valence-corrected chi connectivity index (χ1v) is 10.1. The maximum Gasteiger partial charge on any atom is 0.410 e. The minimum atomic E-state index is -0.472. The molecule has 1 fully saturated rings. The summed E-state index contributed by atoms with van der Waals surface area (Å²) < 4.78 is 7.55. The predicted octanol–water partition coefficient (Wildman–Crippen LogP) is 2.45. The van der Waals surface area contributed by atoms with E-state index in [1.165, 1.54) is 5.69 Å². The van der Waals surface area contributed by atoms with Crippen molar-refractivity contribution in [1.82, 2.24) is 25.3 Å². The topological polar surface area (TPSA) is 83.8 Å². The maximum atomic E-state index is 12.4. The zero-order valence-corrected chi connectivity index (χ0v) is 18.2. The fraction of sp³-hybridized carbons (Fsp3) is 0.750. The van der Waals surface area contributed by atoms with Gasteiger partial charge in [-0.1, -0.05) is 0 Å². The summed E-state index contributed by atoms with van der Waals surface area (Å²) >= 11 is 0. The first kappa shape index (κ1) is 22.0. The van der Waals surface area contributed by atoms with Gasteiger partial charge in [0.25, 0.3) is 0 Å². The molecule has 1 saturated carbocycles. The SMILES string of the molecule is CN=C(NCCCn1nc(C)cc1C)NCCN(C(=O)OC(C)(C)C)C1CC1. The molecule has 8 nitrogen and oxygen atoms in total. The lowest BCUT2D eigenvalue weighted by Gasteiger charge is -2.27. The molecule has 28 heavy (non-hydrogen) atoms. The van der Waals surface area contributed by atoms with E-state index in [1.54, 1.807) is 7.05 Å². The third kappa shape index (κ3) is 7.40. The van der Waals surface area contributed by atoms with Gasteiger partial charge in [0.15, 0.2) is 5.96 Å². The number of ether oxygens (including phenoxy) is 1. The molecule has 1 aliphatic rings. The highest BCUT2D eigenvalue weighted by Gasteiger charge is 2.34. The molecule has 1 aliphatic carbocycles. The van der Waals surface area contributed by atoms with Crippen LogP contribution in [0, 0.1) is 13.8 Å². The maximum absolute atomic E-state index is 12.4. The number of hydrogen-bond acceptors (Lipinski definition) is 4. The Labute approximate surface area is 168 Å². The number of nitrogens with one attached hydrogen (secondary N) is 2. The van der Waals surface area contributed by atoms with Crippen molar-refractivity contribution in [3.05, 3.63) is 17.5 Å². The van der Waals surface area contributed by atoms with Gasteiger partial charge in [-0.25, -0.2) is 4.79 Å². The zero-order valence-electron chi connectivity index (χ0n) is 18.2. The van der Waals surface area contributed by atoms with E-state index in [9.17, 15) is 4.79 Å². The van der Waals surface area contributed by atoms with E-state index in [-0.39, 0.29) is 6.09 Å². The van der Waals surface area contributed by atoms with E-state index in [1.807, 2.05) is 37.3 Å². The highest BCUT2D eigenvalue weighted by atomic mass is 16.6. The highest BCUT2D eigenvalue weighted by Crippen LogP contribution is 2.27. The Morgan fingerprint density at radius 1 is 1.32 bits per heavy atom. The highest BCUT2D eigenvalue weighted by molar-refractivity contribution is 5.79. The number of aliphatic imine (C=N–C) groups is 1. The second kappa shape index (κ2) is 9.80. The average Bonchev–Trinajstić information content (AvgIpc) is 3.37. The third-order valence-corrected chi connectivity index (χ3v) is 4.43. The number of carbonyl (C=O) groups excluding carboxylic acids is 1. The van der Waals surface area contributed by atoms with Gasteiger partial charge < -0.3 is 20.3 Å². The molecule has 0 radical (unpaired) electrons. The quantitative estimate of drug-likeness (QED) is 0.403. The largest absolute Gasteiger partial charge is 0.444 e. The predicted molar refractivity (Wildman–Crippen MR) is 112 cm³/mol. The van der Waals surface area contributed by atoms with Gasteiger partial charge >= 0.3 is 6.09 Å². The first-order chi connectivity index (χ1) is 13.2. The standard InChI is InChI=1S/C20H36N6O2/c1-15-14-16(2)26(24-15)12-7-10-22-18(21-6)23-11-13-25(17-8-9-17)19(27)28-20(3,4)5/h14,17H,7-13H2,1-6H3,(H2,21,22,23). The lowest BCUT2D eigenvalue weighted by molar-refractivity contribution is 0.0238. The molecule has 1 aromatic rings. The third-order valence-electron chi connectivity index (χ3n) is 4.43. The second-order valence-electron chi connectivity index (χ2n) is 8.33. The Kier molecular flexibility index (Phi) is 7.71.